The Morgan fingerprint density at radius 2 is 1.71 bits per heavy atom. The molecule has 1 atom stereocenters. The molecule has 14 heavy (non-hydrogen) atoms. The lowest BCUT2D eigenvalue weighted by Gasteiger charge is -2.08. The first-order chi connectivity index (χ1) is 6.54. The Morgan fingerprint density at radius 1 is 1.29 bits per heavy atom. The smallest absolute Gasteiger partial charge is 0.316 e. The number of hydrogen-bond acceptors (Lipinski definition) is 4. The summed E-state index contributed by atoms with van der Waals surface area (Å²) in [6, 6.07) is 0. The second kappa shape index (κ2) is 10.2. The van der Waals surface area contributed by atoms with Gasteiger partial charge >= 0.3 is 5.97 Å². The van der Waals surface area contributed by atoms with Crippen LogP contribution in [0.5, 0.6) is 0 Å². The Kier molecular flexibility index (Phi) is 11.3. The molecule has 0 aromatic heterocycles. The quantitative estimate of drug-likeness (QED) is 0.547. The van der Waals surface area contributed by atoms with E-state index in [9.17, 15) is 9.59 Å². The topological polar surface area (TPSA) is 55.4 Å². The van der Waals surface area contributed by atoms with Crippen LogP contribution in [0.15, 0.2) is 0 Å². The molecule has 0 aliphatic heterocycles. The van der Waals surface area contributed by atoms with Crippen molar-refractivity contribution in [3.8, 4) is 0 Å². The van der Waals surface area contributed by atoms with Gasteiger partial charge in [0.15, 0.2) is 0 Å². The molecule has 84 valence electrons. The first-order valence-corrected chi connectivity index (χ1v) is 4.80. The normalized spacial score (nSPS) is 10.9. The highest BCUT2D eigenvalue weighted by Gasteiger charge is 2.21. The van der Waals surface area contributed by atoms with Crippen LogP contribution in [0.3, 0.4) is 0 Å². The zero-order valence-corrected chi connectivity index (χ0v) is 9.72. The van der Waals surface area contributed by atoms with Crippen LogP contribution in [0.4, 0.5) is 0 Å². The van der Waals surface area contributed by atoms with Gasteiger partial charge in [-0.15, -0.1) is 0 Å². The van der Waals surface area contributed by atoms with E-state index in [-0.39, 0.29) is 5.78 Å². The van der Waals surface area contributed by atoms with Crippen LogP contribution < -0.4 is 5.32 Å². The van der Waals surface area contributed by atoms with E-state index in [4.69, 9.17) is 4.74 Å². The van der Waals surface area contributed by atoms with Gasteiger partial charge in [0, 0.05) is 0 Å². The van der Waals surface area contributed by atoms with Crippen molar-refractivity contribution in [3.63, 3.8) is 0 Å². The molecular weight excluding hydrogens is 182 g/mol. The first-order valence-electron chi connectivity index (χ1n) is 4.80. The lowest BCUT2D eigenvalue weighted by Crippen LogP contribution is -2.23. The Morgan fingerprint density at radius 3 is 1.93 bits per heavy atom. The van der Waals surface area contributed by atoms with Crippen molar-refractivity contribution < 1.29 is 14.3 Å². The molecule has 1 unspecified atom stereocenters. The molecule has 0 saturated heterocycles. The summed E-state index contributed by atoms with van der Waals surface area (Å²) in [6.45, 7) is 5.27. The summed E-state index contributed by atoms with van der Waals surface area (Å²) in [4.78, 5) is 21.8. The molecule has 0 aromatic rings. The molecule has 0 amide bonds. The summed E-state index contributed by atoms with van der Waals surface area (Å²) in [5.74, 6) is -1.08. The van der Waals surface area contributed by atoms with Crippen LogP contribution in [0.1, 0.15) is 27.2 Å². The van der Waals surface area contributed by atoms with Crippen molar-refractivity contribution in [2.45, 2.75) is 27.2 Å². The fraction of sp³-hybridized carbons (Fsp3) is 0.800. The molecule has 1 N–H and O–H groups in total. The van der Waals surface area contributed by atoms with Gasteiger partial charge in [-0.05, 0) is 34.4 Å². The third-order valence-electron chi connectivity index (χ3n) is 1.47. The second-order valence-corrected chi connectivity index (χ2v) is 2.82. The minimum atomic E-state index is -0.560. The van der Waals surface area contributed by atoms with Gasteiger partial charge in [-0.2, -0.15) is 0 Å². The molecule has 4 nitrogen and oxygen atoms in total. The number of Topliss-reactive ketones (excluding diaryl/α,β-unsaturated/α-hetero) is 1. The summed E-state index contributed by atoms with van der Waals surface area (Å²) in [5.41, 5.74) is 0. The molecule has 0 aliphatic carbocycles. The Balaban J connectivity index is 0. The molecule has 0 aromatic carbocycles. The minimum absolute atomic E-state index is 0.119. The molecule has 4 heteroatoms. The summed E-state index contributed by atoms with van der Waals surface area (Å²) < 4.78 is 4.70. The van der Waals surface area contributed by atoms with Gasteiger partial charge in [0.1, 0.15) is 11.7 Å². The maximum atomic E-state index is 11.0. The van der Waals surface area contributed by atoms with Gasteiger partial charge in [0.05, 0.1) is 6.61 Å². The van der Waals surface area contributed by atoms with Gasteiger partial charge in [-0.3, -0.25) is 9.59 Å². The van der Waals surface area contributed by atoms with Crippen LogP contribution in [-0.4, -0.2) is 32.5 Å². The predicted octanol–water partition coefficient (Wildman–Crippen LogP) is 1.00. The van der Waals surface area contributed by atoms with E-state index in [2.05, 4.69) is 5.32 Å². The minimum Gasteiger partial charge on any atom is -0.465 e. The molecule has 0 fully saturated rings. The third-order valence-corrected chi connectivity index (χ3v) is 1.47. The maximum Gasteiger partial charge on any atom is 0.316 e. The molecule has 0 bridgehead atoms. The highest BCUT2D eigenvalue weighted by Crippen LogP contribution is 2.05. The second-order valence-electron chi connectivity index (χ2n) is 2.82. The highest BCUT2D eigenvalue weighted by molar-refractivity contribution is 5.97. The van der Waals surface area contributed by atoms with Gasteiger partial charge in [0.2, 0.25) is 0 Å². The van der Waals surface area contributed by atoms with Crippen molar-refractivity contribution in [2.24, 2.45) is 5.92 Å². The van der Waals surface area contributed by atoms with Crippen LogP contribution >= 0.6 is 0 Å². The van der Waals surface area contributed by atoms with E-state index in [1.54, 1.807) is 13.8 Å². The Labute approximate surface area is 86.0 Å². The van der Waals surface area contributed by atoms with Crippen molar-refractivity contribution >= 4 is 11.8 Å². The molecule has 0 heterocycles. The molecule has 0 saturated carbocycles. The predicted molar refractivity (Wildman–Crippen MR) is 56.1 cm³/mol. The number of hydrogen-bond donors (Lipinski definition) is 1. The van der Waals surface area contributed by atoms with Gasteiger partial charge in [-0.25, -0.2) is 0 Å². The van der Waals surface area contributed by atoms with Crippen molar-refractivity contribution in [1.29, 1.82) is 0 Å². The zero-order chi connectivity index (χ0) is 11.6. The standard InChI is InChI=1S/C8H14O3.C2H7N/c1-4-7(6(3)9)8(10)11-5-2;1-3-2/h7H,4-5H2,1-3H3;3H,1-2H3. The van der Waals surface area contributed by atoms with Crippen LogP contribution in [0.25, 0.3) is 0 Å². The summed E-state index contributed by atoms with van der Waals surface area (Å²) in [7, 11) is 3.75. The number of ketones is 1. The number of rotatable bonds is 4. The van der Waals surface area contributed by atoms with Crippen molar-refractivity contribution in [3.05, 3.63) is 0 Å². The molecule has 0 radical (unpaired) electrons. The summed E-state index contributed by atoms with van der Waals surface area (Å²) in [6.07, 6.45) is 0.522. The molecule has 0 spiro atoms. The van der Waals surface area contributed by atoms with Crippen molar-refractivity contribution in [2.75, 3.05) is 20.7 Å². The molecule has 0 aliphatic rings. The number of carbonyl (C=O) groups excluding carboxylic acids is 2. The Bertz CT molecular complexity index is 169. The van der Waals surface area contributed by atoms with E-state index in [0.29, 0.717) is 13.0 Å². The SMILES string of the molecule is CCOC(=O)C(CC)C(C)=O.CNC. The number of ether oxygens (including phenoxy) is 1. The molecule has 0 rings (SSSR count). The number of carbonyl (C=O) groups is 2. The van der Waals surface area contributed by atoms with E-state index < -0.39 is 11.9 Å². The van der Waals surface area contributed by atoms with Crippen LogP contribution in [0, 0.1) is 5.92 Å². The third kappa shape index (κ3) is 7.73. The largest absolute Gasteiger partial charge is 0.465 e. The van der Waals surface area contributed by atoms with E-state index in [0.717, 1.165) is 0 Å². The van der Waals surface area contributed by atoms with Crippen LogP contribution in [0.2, 0.25) is 0 Å². The summed E-state index contributed by atoms with van der Waals surface area (Å²) >= 11 is 0. The average Bonchev–Trinajstić information content (AvgIpc) is 2.06. The van der Waals surface area contributed by atoms with Crippen LogP contribution in [-0.2, 0) is 14.3 Å². The monoisotopic (exact) mass is 203 g/mol. The van der Waals surface area contributed by atoms with Gasteiger partial charge < -0.3 is 10.1 Å². The van der Waals surface area contributed by atoms with E-state index in [1.807, 2.05) is 14.1 Å². The number of esters is 1. The lowest BCUT2D eigenvalue weighted by atomic mass is 10.0. The average molecular weight is 203 g/mol. The lowest BCUT2D eigenvalue weighted by molar-refractivity contribution is -0.151. The maximum absolute atomic E-state index is 11.0. The molecular formula is C10H21NO3. The van der Waals surface area contributed by atoms with Gasteiger partial charge in [0.25, 0.3) is 0 Å². The number of nitrogens with one attached hydrogen (secondary N) is 1. The highest BCUT2D eigenvalue weighted by atomic mass is 16.5. The first kappa shape index (κ1) is 15.6. The van der Waals surface area contributed by atoms with E-state index >= 15 is 0 Å². The zero-order valence-electron chi connectivity index (χ0n) is 9.72. The van der Waals surface area contributed by atoms with Gasteiger partial charge in [-0.1, -0.05) is 6.92 Å². The fourth-order valence-corrected chi connectivity index (χ4v) is 0.863. The fourth-order valence-electron chi connectivity index (χ4n) is 0.863. The van der Waals surface area contributed by atoms with E-state index in [1.165, 1.54) is 6.92 Å². The summed E-state index contributed by atoms with van der Waals surface area (Å²) in [5, 5.41) is 2.75. The van der Waals surface area contributed by atoms with Crippen molar-refractivity contribution in [1.82, 2.24) is 5.32 Å². The Hall–Kier alpha value is -0.900.